The second-order valence-electron chi connectivity index (χ2n) is 2.77. The molecule has 0 saturated heterocycles. The summed E-state index contributed by atoms with van der Waals surface area (Å²) in [7, 11) is 0. The van der Waals surface area contributed by atoms with Crippen LogP contribution in [0.4, 0.5) is 4.79 Å². The van der Waals surface area contributed by atoms with E-state index in [0.717, 1.165) is 5.56 Å². The summed E-state index contributed by atoms with van der Waals surface area (Å²) >= 11 is 0. The topological polar surface area (TPSA) is 115 Å². The van der Waals surface area contributed by atoms with E-state index in [-0.39, 0.29) is 6.17 Å². The van der Waals surface area contributed by atoms with Crippen LogP contribution in [-0.2, 0) is 0 Å². The zero-order valence-electron chi connectivity index (χ0n) is 7.97. The quantitative estimate of drug-likeness (QED) is 0.491. The highest BCUT2D eigenvalue weighted by atomic mass is 16.4. The molecule has 0 atom stereocenters. The van der Waals surface area contributed by atoms with Crippen LogP contribution < -0.4 is 17.2 Å². The lowest BCUT2D eigenvalue weighted by molar-refractivity contribution is 0.205. The lowest BCUT2D eigenvalue weighted by Gasteiger charge is -2.04. The molecular formula is C9H15N3O2. The van der Waals surface area contributed by atoms with Gasteiger partial charge in [-0.25, -0.2) is 4.79 Å². The molecule has 1 aromatic carbocycles. The van der Waals surface area contributed by atoms with E-state index in [1.54, 1.807) is 0 Å². The summed E-state index contributed by atoms with van der Waals surface area (Å²) in [6, 6.07) is 7.89. The Kier molecular flexibility index (Phi) is 5.28. The molecule has 1 aromatic rings. The molecule has 14 heavy (non-hydrogen) atoms. The second kappa shape index (κ2) is 5.95. The van der Waals surface area contributed by atoms with Crippen LogP contribution in [0.1, 0.15) is 17.3 Å². The van der Waals surface area contributed by atoms with Gasteiger partial charge in [0.2, 0.25) is 0 Å². The van der Waals surface area contributed by atoms with E-state index in [4.69, 9.17) is 21.4 Å². The van der Waals surface area contributed by atoms with Crippen LogP contribution in [0.2, 0.25) is 0 Å². The van der Waals surface area contributed by atoms with Crippen molar-refractivity contribution < 1.29 is 9.90 Å². The van der Waals surface area contributed by atoms with Crippen molar-refractivity contribution in [3.05, 3.63) is 35.4 Å². The standard InChI is InChI=1S/C8H12N2.CH3NO2/c1-6-2-4-7(5-3-6)8(9)10;2-1(3)4/h2-5,8H,9-10H2,1H3;2H2,(H,3,4). The minimum Gasteiger partial charge on any atom is -0.465 e. The predicted molar refractivity (Wildman–Crippen MR) is 54.5 cm³/mol. The van der Waals surface area contributed by atoms with Crippen molar-refractivity contribution >= 4 is 6.09 Å². The van der Waals surface area contributed by atoms with E-state index in [9.17, 15) is 0 Å². The maximum absolute atomic E-state index is 8.78. The fourth-order valence-electron chi connectivity index (χ4n) is 0.789. The lowest BCUT2D eigenvalue weighted by atomic mass is 10.1. The fraction of sp³-hybridized carbons (Fsp3) is 0.222. The summed E-state index contributed by atoms with van der Waals surface area (Å²) in [5.41, 5.74) is 17.1. The number of aryl methyl sites for hydroxylation is 1. The second-order valence-corrected chi connectivity index (χ2v) is 2.77. The highest BCUT2D eigenvalue weighted by Gasteiger charge is 1.95. The zero-order chi connectivity index (χ0) is 11.1. The SMILES string of the molecule is Cc1ccc(C(N)N)cc1.NC(=O)O. The lowest BCUT2D eigenvalue weighted by Crippen LogP contribution is -2.19. The van der Waals surface area contributed by atoms with Crippen molar-refractivity contribution in [2.45, 2.75) is 13.1 Å². The Morgan fingerprint density at radius 2 is 1.64 bits per heavy atom. The number of hydrogen-bond donors (Lipinski definition) is 4. The molecule has 5 heteroatoms. The van der Waals surface area contributed by atoms with Gasteiger partial charge in [0.05, 0.1) is 6.17 Å². The minimum atomic E-state index is -1.33. The van der Waals surface area contributed by atoms with Gasteiger partial charge in [-0.2, -0.15) is 0 Å². The van der Waals surface area contributed by atoms with Crippen molar-refractivity contribution in [1.29, 1.82) is 0 Å². The molecule has 0 radical (unpaired) electrons. The Labute approximate surface area is 82.5 Å². The Bertz CT molecular complexity index is 279. The Balaban J connectivity index is 0.000000364. The van der Waals surface area contributed by atoms with Gasteiger partial charge >= 0.3 is 6.09 Å². The van der Waals surface area contributed by atoms with Crippen molar-refractivity contribution in [3.8, 4) is 0 Å². The van der Waals surface area contributed by atoms with Crippen LogP contribution in [0.3, 0.4) is 0 Å². The summed E-state index contributed by atoms with van der Waals surface area (Å²) in [5.74, 6) is 0. The van der Waals surface area contributed by atoms with E-state index in [1.165, 1.54) is 5.56 Å². The third-order valence-corrected chi connectivity index (χ3v) is 1.46. The number of nitrogens with two attached hydrogens (primary N) is 3. The third kappa shape index (κ3) is 5.99. The summed E-state index contributed by atoms with van der Waals surface area (Å²) in [6.45, 7) is 2.03. The highest BCUT2D eigenvalue weighted by molar-refractivity contribution is 5.61. The molecule has 0 aliphatic rings. The van der Waals surface area contributed by atoms with Gasteiger partial charge in [0.15, 0.2) is 0 Å². The van der Waals surface area contributed by atoms with Crippen LogP contribution in [-0.4, -0.2) is 11.2 Å². The molecule has 0 unspecified atom stereocenters. The maximum atomic E-state index is 8.78. The number of benzene rings is 1. The van der Waals surface area contributed by atoms with Crippen LogP contribution in [0.15, 0.2) is 24.3 Å². The maximum Gasteiger partial charge on any atom is 0.402 e. The van der Waals surface area contributed by atoms with Crippen molar-refractivity contribution in [1.82, 2.24) is 0 Å². The van der Waals surface area contributed by atoms with Gasteiger partial charge in [-0.1, -0.05) is 29.8 Å². The van der Waals surface area contributed by atoms with E-state index < -0.39 is 6.09 Å². The number of hydrogen-bond acceptors (Lipinski definition) is 3. The first-order chi connectivity index (χ1) is 6.43. The van der Waals surface area contributed by atoms with Crippen LogP contribution in [0.25, 0.3) is 0 Å². The van der Waals surface area contributed by atoms with Crippen LogP contribution in [0.5, 0.6) is 0 Å². The highest BCUT2D eigenvalue weighted by Crippen LogP contribution is 2.05. The van der Waals surface area contributed by atoms with Gasteiger partial charge in [0, 0.05) is 0 Å². The van der Waals surface area contributed by atoms with Gasteiger partial charge in [-0.05, 0) is 12.5 Å². The molecule has 0 aromatic heterocycles. The van der Waals surface area contributed by atoms with Crippen molar-refractivity contribution in [2.75, 3.05) is 0 Å². The number of primary amides is 1. The molecular weight excluding hydrogens is 182 g/mol. The van der Waals surface area contributed by atoms with E-state index in [0.29, 0.717) is 0 Å². The predicted octanol–water partition coefficient (Wildman–Crippen LogP) is 0.534. The Morgan fingerprint density at radius 1 is 1.29 bits per heavy atom. The Hall–Kier alpha value is -1.59. The Morgan fingerprint density at radius 3 is 1.93 bits per heavy atom. The molecule has 0 saturated carbocycles. The van der Waals surface area contributed by atoms with Gasteiger partial charge in [-0.3, -0.25) is 0 Å². The van der Waals surface area contributed by atoms with Gasteiger partial charge in [0.1, 0.15) is 0 Å². The number of rotatable bonds is 1. The van der Waals surface area contributed by atoms with Gasteiger partial charge in [0.25, 0.3) is 0 Å². The number of carbonyl (C=O) groups is 1. The van der Waals surface area contributed by atoms with Crippen molar-refractivity contribution in [2.24, 2.45) is 17.2 Å². The van der Waals surface area contributed by atoms with Crippen molar-refractivity contribution in [3.63, 3.8) is 0 Å². The molecule has 0 spiro atoms. The molecule has 0 bridgehead atoms. The minimum absolute atomic E-state index is 0.347. The molecule has 0 aliphatic carbocycles. The molecule has 7 N–H and O–H groups in total. The van der Waals surface area contributed by atoms with E-state index in [1.807, 2.05) is 31.2 Å². The largest absolute Gasteiger partial charge is 0.465 e. The van der Waals surface area contributed by atoms with E-state index in [2.05, 4.69) is 5.73 Å². The summed E-state index contributed by atoms with van der Waals surface area (Å²) in [4.78, 5) is 8.78. The summed E-state index contributed by atoms with van der Waals surface area (Å²) in [5, 5.41) is 7.19. The number of amides is 1. The molecule has 0 fully saturated rings. The molecule has 0 aliphatic heterocycles. The first-order valence-electron chi connectivity index (χ1n) is 3.99. The molecule has 0 heterocycles. The van der Waals surface area contributed by atoms with Gasteiger partial charge < -0.3 is 22.3 Å². The molecule has 1 rings (SSSR count). The average Bonchev–Trinajstić information content (AvgIpc) is 2.03. The van der Waals surface area contributed by atoms with Gasteiger partial charge in [-0.15, -0.1) is 0 Å². The smallest absolute Gasteiger partial charge is 0.402 e. The zero-order valence-corrected chi connectivity index (χ0v) is 7.97. The normalized spacial score (nSPS) is 9.14. The fourth-order valence-corrected chi connectivity index (χ4v) is 0.789. The third-order valence-electron chi connectivity index (χ3n) is 1.46. The molecule has 1 amide bonds. The summed E-state index contributed by atoms with van der Waals surface area (Å²) < 4.78 is 0. The summed E-state index contributed by atoms with van der Waals surface area (Å²) in [6.07, 6.45) is -1.68. The van der Waals surface area contributed by atoms with Crippen LogP contribution >= 0.6 is 0 Å². The van der Waals surface area contributed by atoms with Crippen LogP contribution in [0, 0.1) is 6.92 Å². The average molecular weight is 197 g/mol. The van der Waals surface area contributed by atoms with E-state index >= 15 is 0 Å². The number of carboxylic acid groups (broad SMARTS) is 1. The first kappa shape index (κ1) is 12.4. The molecule has 78 valence electrons. The monoisotopic (exact) mass is 197 g/mol. The molecule has 5 nitrogen and oxygen atoms in total. The first-order valence-corrected chi connectivity index (χ1v) is 3.99.